The number of aryl methyl sites for hydroxylation is 2. The number of hydrogen-bond acceptors (Lipinski definition) is 3. The van der Waals surface area contributed by atoms with Gasteiger partial charge in [-0.2, -0.15) is 5.26 Å². The highest BCUT2D eigenvalue weighted by atomic mass is 32.2. The van der Waals surface area contributed by atoms with E-state index >= 15 is 0 Å². The quantitative estimate of drug-likeness (QED) is 0.881. The molecule has 2 rings (SSSR count). The van der Waals surface area contributed by atoms with Crippen LogP contribution < -0.4 is 5.73 Å². The van der Waals surface area contributed by atoms with Crippen molar-refractivity contribution in [3.05, 3.63) is 58.7 Å². The summed E-state index contributed by atoms with van der Waals surface area (Å²) in [5.41, 5.74) is 10.0. The first-order valence-electron chi connectivity index (χ1n) is 6.25. The van der Waals surface area contributed by atoms with E-state index in [1.807, 2.05) is 32.0 Å². The van der Waals surface area contributed by atoms with Gasteiger partial charge in [-0.25, -0.2) is 0 Å². The Morgan fingerprint density at radius 1 is 1.15 bits per heavy atom. The molecule has 2 aromatic carbocycles. The fraction of sp³-hybridized carbons (Fsp3) is 0.188. The van der Waals surface area contributed by atoms with Crippen LogP contribution in [0.1, 0.15) is 22.3 Å². The third-order valence-electron chi connectivity index (χ3n) is 3.26. The Hall–Kier alpha value is -2.12. The fourth-order valence-corrected chi connectivity index (χ4v) is 3.24. The average Bonchev–Trinajstić information content (AvgIpc) is 2.43. The van der Waals surface area contributed by atoms with E-state index < -0.39 is 10.8 Å². The number of nitrogens with two attached hydrogens (primary N) is 1. The van der Waals surface area contributed by atoms with Gasteiger partial charge in [0.15, 0.2) is 0 Å². The molecule has 0 amide bonds. The standard InChI is InChI=1S/C16H16N2OS/c1-11-7-13(9-17)3-4-14(11)10-20(19)15-5-6-16(18)12(2)8-15/h3-8H,10,18H2,1-2H3. The summed E-state index contributed by atoms with van der Waals surface area (Å²) in [6.45, 7) is 3.84. The van der Waals surface area contributed by atoms with Gasteiger partial charge in [0, 0.05) is 10.6 Å². The Morgan fingerprint density at radius 3 is 2.50 bits per heavy atom. The molecule has 0 radical (unpaired) electrons. The third kappa shape index (κ3) is 3.06. The van der Waals surface area contributed by atoms with Crippen LogP contribution in [0.15, 0.2) is 41.3 Å². The smallest absolute Gasteiger partial charge is 0.0991 e. The highest BCUT2D eigenvalue weighted by Crippen LogP contribution is 2.20. The van der Waals surface area contributed by atoms with Crippen LogP contribution in [0.4, 0.5) is 5.69 Å². The molecule has 0 fully saturated rings. The molecule has 0 aliphatic heterocycles. The first-order valence-corrected chi connectivity index (χ1v) is 7.57. The number of nitrogens with zero attached hydrogens (tertiary/aromatic N) is 1. The van der Waals surface area contributed by atoms with Gasteiger partial charge in [0.1, 0.15) is 0 Å². The SMILES string of the molecule is Cc1cc(S(=O)Cc2ccc(C#N)cc2C)ccc1N. The third-order valence-corrected chi connectivity index (χ3v) is 4.62. The molecular formula is C16H16N2OS. The van der Waals surface area contributed by atoms with E-state index in [1.165, 1.54) is 0 Å². The monoisotopic (exact) mass is 284 g/mol. The summed E-state index contributed by atoms with van der Waals surface area (Å²) in [6.07, 6.45) is 0. The first kappa shape index (κ1) is 14.3. The molecule has 1 unspecified atom stereocenters. The van der Waals surface area contributed by atoms with E-state index in [1.54, 1.807) is 18.2 Å². The summed E-state index contributed by atoms with van der Waals surface area (Å²) in [5.74, 6) is 0.445. The number of anilines is 1. The average molecular weight is 284 g/mol. The molecule has 0 aliphatic carbocycles. The van der Waals surface area contributed by atoms with E-state index in [2.05, 4.69) is 6.07 Å². The normalized spacial score (nSPS) is 11.8. The van der Waals surface area contributed by atoms with Crippen molar-refractivity contribution in [2.24, 2.45) is 0 Å². The summed E-state index contributed by atoms with van der Waals surface area (Å²) >= 11 is 0. The summed E-state index contributed by atoms with van der Waals surface area (Å²) in [7, 11) is -1.11. The van der Waals surface area contributed by atoms with Gasteiger partial charge in [0.2, 0.25) is 0 Å². The number of benzene rings is 2. The summed E-state index contributed by atoms with van der Waals surface area (Å²) in [6, 6.07) is 13.0. The molecule has 0 saturated carbocycles. The van der Waals surface area contributed by atoms with Crippen LogP contribution in [-0.2, 0) is 16.6 Å². The zero-order valence-corrected chi connectivity index (χ0v) is 12.3. The van der Waals surface area contributed by atoms with Crippen molar-refractivity contribution in [3.8, 4) is 6.07 Å². The molecule has 2 aromatic rings. The minimum absolute atomic E-state index is 0.445. The summed E-state index contributed by atoms with van der Waals surface area (Å²) in [5, 5.41) is 8.85. The number of nitriles is 1. The highest BCUT2D eigenvalue weighted by molar-refractivity contribution is 7.84. The van der Waals surface area contributed by atoms with E-state index in [4.69, 9.17) is 11.0 Å². The van der Waals surface area contributed by atoms with Crippen molar-refractivity contribution in [2.45, 2.75) is 24.5 Å². The topological polar surface area (TPSA) is 66.9 Å². The molecule has 102 valence electrons. The highest BCUT2D eigenvalue weighted by Gasteiger charge is 2.09. The Balaban J connectivity index is 2.23. The van der Waals surface area contributed by atoms with Crippen molar-refractivity contribution in [3.63, 3.8) is 0 Å². The second kappa shape index (κ2) is 5.89. The van der Waals surface area contributed by atoms with Gasteiger partial charge in [0.25, 0.3) is 0 Å². The van der Waals surface area contributed by atoms with Crippen LogP contribution >= 0.6 is 0 Å². The van der Waals surface area contributed by atoms with Gasteiger partial charge in [-0.1, -0.05) is 6.07 Å². The molecule has 0 spiro atoms. The molecule has 2 N–H and O–H groups in total. The maximum Gasteiger partial charge on any atom is 0.0991 e. The molecular weight excluding hydrogens is 268 g/mol. The van der Waals surface area contributed by atoms with Crippen molar-refractivity contribution in [1.29, 1.82) is 5.26 Å². The Bertz CT molecular complexity index is 717. The van der Waals surface area contributed by atoms with Gasteiger partial charge in [0.05, 0.1) is 28.2 Å². The lowest BCUT2D eigenvalue weighted by Gasteiger charge is -2.08. The van der Waals surface area contributed by atoms with Gasteiger partial charge in [-0.05, 0) is 60.9 Å². The maximum atomic E-state index is 12.4. The Kier molecular flexibility index (Phi) is 4.21. The number of nitrogen functional groups attached to an aromatic ring is 1. The lowest BCUT2D eigenvalue weighted by Crippen LogP contribution is -2.00. The van der Waals surface area contributed by atoms with Crippen LogP contribution in [0, 0.1) is 25.2 Å². The second-order valence-corrected chi connectivity index (χ2v) is 6.21. The van der Waals surface area contributed by atoms with Crippen LogP contribution in [0.5, 0.6) is 0 Å². The lowest BCUT2D eigenvalue weighted by molar-refractivity contribution is 0.682. The number of rotatable bonds is 3. The molecule has 0 aliphatic rings. The van der Waals surface area contributed by atoms with Crippen LogP contribution in [0.25, 0.3) is 0 Å². The van der Waals surface area contributed by atoms with Crippen molar-refractivity contribution in [2.75, 3.05) is 5.73 Å². The molecule has 0 heterocycles. The molecule has 20 heavy (non-hydrogen) atoms. The minimum atomic E-state index is -1.11. The molecule has 0 saturated heterocycles. The Morgan fingerprint density at radius 2 is 1.90 bits per heavy atom. The zero-order chi connectivity index (χ0) is 14.7. The van der Waals surface area contributed by atoms with Crippen molar-refractivity contribution >= 4 is 16.5 Å². The van der Waals surface area contributed by atoms with Gasteiger partial charge < -0.3 is 5.73 Å². The summed E-state index contributed by atoms with van der Waals surface area (Å²) < 4.78 is 12.4. The minimum Gasteiger partial charge on any atom is -0.399 e. The second-order valence-electron chi connectivity index (χ2n) is 4.76. The molecule has 3 nitrogen and oxygen atoms in total. The van der Waals surface area contributed by atoms with Crippen molar-refractivity contribution < 1.29 is 4.21 Å². The first-order chi connectivity index (χ1) is 9.51. The fourth-order valence-electron chi connectivity index (χ4n) is 1.94. The van der Waals surface area contributed by atoms with E-state index in [0.29, 0.717) is 17.0 Å². The zero-order valence-electron chi connectivity index (χ0n) is 11.5. The molecule has 0 aromatic heterocycles. The lowest BCUT2D eigenvalue weighted by atomic mass is 10.1. The predicted molar refractivity (Wildman–Crippen MR) is 81.6 cm³/mol. The molecule has 1 atom stereocenters. The van der Waals surface area contributed by atoms with Gasteiger partial charge in [-0.3, -0.25) is 4.21 Å². The van der Waals surface area contributed by atoms with E-state index in [9.17, 15) is 4.21 Å². The molecule has 4 heteroatoms. The number of hydrogen-bond donors (Lipinski definition) is 1. The van der Waals surface area contributed by atoms with Crippen molar-refractivity contribution in [1.82, 2.24) is 0 Å². The van der Waals surface area contributed by atoms with Crippen LogP contribution in [0.2, 0.25) is 0 Å². The predicted octanol–water partition coefficient (Wildman–Crippen LogP) is 3.07. The van der Waals surface area contributed by atoms with Gasteiger partial charge in [-0.15, -0.1) is 0 Å². The molecule has 0 bridgehead atoms. The van der Waals surface area contributed by atoms with E-state index in [0.717, 1.165) is 21.6 Å². The van der Waals surface area contributed by atoms with Crippen LogP contribution in [0.3, 0.4) is 0 Å². The largest absolute Gasteiger partial charge is 0.399 e. The van der Waals surface area contributed by atoms with Gasteiger partial charge >= 0.3 is 0 Å². The van der Waals surface area contributed by atoms with E-state index in [-0.39, 0.29) is 0 Å². The van der Waals surface area contributed by atoms with Crippen LogP contribution in [-0.4, -0.2) is 4.21 Å². The maximum absolute atomic E-state index is 12.4. The Labute approximate surface area is 121 Å². The summed E-state index contributed by atoms with van der Waals surface area (Å²) in [4.78, 5) is 0.778.